The third kappa shape index (κ3) is 4.00. The number of pyridine rings is 1. The molecule has 0 aliphatic carbocycles. The summed E-state index contributed by atoms with van der Waals surface area (Å²) in [6.07, 6.45) is 3.40. The van der Waals surface area contributed by atoms with Gasteiger partial charge < -0.3 is 13.8 Å². The van der Waals surface area contributed by atoms with Crippen LogP contribution in [0.4, 0.5) is 0 Å². The van der Waals surface area contributed by atoms with Gasteiger partial charge in [0.25, 0.3) is 0 Å². The molecule has 0 aliphatic rings. The first-order valence-electron chi connectivity index (χ1n) is 7.54. The van der Waals surface area contributed by atoms with Gasteiger partial charge in [0, 0.05) is 25.1 Å². The molecule has 0 spiro atoms. The molecule has 0 saturated heterocycles. The van der Waals surface area contributed by atoms with Crippen molar-refractivity contribution in [3.05, 3.63) is 42.1 Å². The predicted octanol–water partition coefficient (Wildman–Crippen LogP) is 1.68. The van der Waals surface area contributed by atoms with Crippen molar-refractivity contribution in [2.24, 2.45) is 0 Å². The number of rotatable bonds is 8. The van der Waals surface area contributed by atoms with Gasteiger partial charge in [-0.3, -0.25) is 9.88 Å². The lowest BCUT2D eigenvalue weighted by molar-refractivity contribution is 0.174. The lowest BCUT2D eigenvalue weighted by Gasteiger charge is -2.15. The quantitative estimate of drug-likeness (QED) is 0.610. The van der Waals surface area contributed by atoms with Crippen LogP contribution in [0.5, 0.6) is 0 Å². The van der Waals surface area contributed by atoms with Gasteiger partial charge in [0.1, 0.15) is 6.61 Å². The molecule has 3 rings (SSSR count). The molecule has 0 bridgehead atoms. The fourth-order valence-corrected chi connectivity index (χ4v) is 2.14. The van der Waals surface area contributed by atoms with E-state index < -0.39 is 0 Å². The number of aromatic nitrogens is 5. The van der Waals surface area contributed by atoms with Crippen LogP contribution in [0.1, 0.15) is 24.5 Å². The molecule has 126 valence electrons. The van der Waals surface area contributed by atoms with E-state index in [1.807, 2.05) is 19.1 Å². The molecule has 0 saturated carbocycles. The fourth-order valence-electron chi connectivity index (χ4n) is 2.14. The molecule has 3 aromatic heterocycles. The van der Waals surface area contributed by atoms with Crippen LogP contribution >= 0.6 is 0 Å². The normalized spacial score (nSPS) is 11.3. The van der Waals surface area contributed by atoms with Gasteiger partial charge in [-0.1, -0.05) is 17.2 Å². The summed E-state index contributed by atoms with van der Waals surface area (Å²) in [4.78, 5) is 14.8. The summed E-state index contributed by atoms with van der Waals surface area (Å²) in [5, 5.41) is 7.84. The van der Waals surface area contributed by atoms with Gasteiger partial charge in [-0.25, -0.2) is 0 Å². The van der Waals surface area contributed by atoms with Crippen LogP contribution in [0.15, 0.2) is 33.6 Å². The molecule has 9 heteroatoms. The molecular weight excluding hydrogens is 312 g/mol. The second-order valence-electron chi connectivity index (χ2n) is 5.09. The van der Waals surface area contributed by atoms with Gasteiger partial charge in [0.15, 0.2) is 5.82 Å². The highest BCUT2D eigenvalue weighted by molar-refractivity contribution is 5.51. The minimum Gasteiger partial charge on any atom is -0.377 e. The van der Waals surface area contributed by atoms with E-state index in [0.717, 1.165) is 12.1 Å². The average Bonchev–Trinajstić information content (AvgIpc) is 3.25. The van der Waals surface area contributed by atoms with Crippen molar-refractivity contribution in [3.8, 4) is 11.4 Å². The van der Waals surface area contributed by atoms with Crippen molar-refractivity contribution >= 4 is 0 Å². The monoisotopic (exact) mass is 330 g/mol. The Morgan fingerprint density at radius 1 is 1.12 bits per heavy atom. The van der Waals surface area contributed by atoms with E-state index in [1.54, 1.807) is 19.5 Å². The van der Waals surface area contributed by atoms with Crippen molar-refractivity contribution < 1.29 is 13.8 Å². The topological polar surface area (TPSA) is 103 Å². The second kappa shape index (κ2) is 7.75. The maximum Gasteiger partial charge on any atom is 0.241 e. The minimum atomic E-state index is 0.327. The molecule has 9 nitrogen and oxygen atoms in total. The van der Waals surface area contributed by atoms with Crippen LogP contribution < -0.4 is 0 Å². The van der Waals surface area contributed by atoms with E-state index in [-0.39, 0.29) is 0 Å². The Kier molecular flexibility index (Phi) is 5.24. The van der Waals surface area contributed by atoms with E-state index >= 15 is 0 Å². The first kappa shape index (κ1) is 16.2. The summed E-state index contributed by atoms with van der Waals surface area (Å²) in [6.45, 7) is 4.12. The van der Waals surface area contributed by atoms with E-state index in [0.29, 0.717) is 43.1 Å². The van der Waals surface area contributed by atoms with E-state index in [9.17, 15) is 0 Å². The zero-order valence-electron chi connectivity index (χ0n) is 13.5. The Morgan fingerprint density at radius 3 is 2.62 bits per heavy atom. The fraction of sp³-hybridized carbons (Fsp3) is 0.400. The van der Waals surface area contributed by atoms with Crippen LogP contribution in [0.25, 0.3) is 11.4 Å². The lowest BCUT2D eigenvalue weighted by Crippen LogP contribution is -2.22. The van der Waals surface area contributed by atoms with Crippen molar-refractivity contribution in [3.63, 3.8) is 0 Å². The zero-order valence-corrected chi connectivity index (χ0v) is 13.5. The maximum absolute atomic E-state index is 5.32. The molecule has 0 aromatic carbocycles. The van der Waals surface area contributed by atoms with E-state index in [1.165, 1.54) is 0 Å². The Balaban J connectivity index is 1.63. The van der Waals surface area contributed by atoms with Crippen molar-refractivity contribution in [1.82, 2.24) is 30.2 Å². The third-order valence-electron chi connectivity index (χ3n) is 3.34. The number of hydrogen-bond donors (Lipinski definition) is 0. The van der Waals surface area contributed by atoms with Crippen LogP contribution in [0.2, 0.25) is 0 Å². The molecule has 0 fully saturated rings. The molecule has 0 amide bonds. The molecule has 0 aliphatic heterocycles. The Bertz CT molecular complexity index is 757. The summed E-state index contributed by atoms with van der Waals surface area (Å²) in [5.41, 5.74) is 0.816. The number of ether oxygens (including phenoxy) is 1. The molecule has 24 heavy (non-hydrogen) atoms. The van der Waals surface area contributed by atoms with Gasteiger partial charge in [0.05, 0.1) is 13.1 Å². The standard InChI is InChI=1S/C15H18N6O3/c1-3-21(8-13-17-12(10-22-2)19-23-13)9-14-18-15(20-24-14)11-5-4-6-16-7-11/h4-7H,3,8-10H2,1-2H3. The summed E-state index contributed by atoms with van der Waals surface area (Å²) >= 11 is 0. The Morgan fingerprint density at radius 2 is 1.92 bits per heavy atom. The summed E-state index contributed by atoms with van der Waals surface area (Å²) in [5.74, 6) is 2.10. The van der Waals surface area contributed by atoms with E-state index in [2.05, 4.69) is 30.2 Å². The first-order valence-corrected chi connectivity index (χ1v) is 7.54. The highest BCUT2D eigenvalue weighted by Gasteiger charge is 2.15. The number of hydrogen-bond acceptors (Lipinski definition) is 9. The highest BCUT2D eigenvalue weighted by atomic mass is 16.5. The number of nitrogens with zero attached hydrogens (tertiary/aromatic N) is 6. The molecule has 0 atom stereocenters. The molecule has 0 unspecified atom stereocenters. The van der Waals surface area contributed by atoms with Crippen molar-refractivity contribution in [1.29, 1.82) is 0 Å². The average molecular weight is 330 g/mol. The van der Waals surface area contributed by atoms with Gasteiger partial charge in [-0.2, -0.15) is 9.97 Å². The smallest absolute Gasteiger partial charge is 0.241 e. The third-order valence-corrected chi connectivity index (χ3v) is 3.34. The largest absolute Gasteiger partial charge is 0.377 e. The van der Waals surface area contributed by atoms with Crippen LogP contribution in [0.3, 0.4) is 0 Å². The molecule has 3 aromatic rings. The van der Waals surface area contributed by atoms with Crippen LogP contribution in [-0.2, 0) is 24.4 Å². The van der Waals surface area contributed by atoms with Gasteiger partial charge in [0.2, 0.25) is 17.6 Å². The molecular formula is C15H18N6O3. The van der Waals surface area contributed by atoms with E-state index in [4.69, 9.17) is 13.8 Å². The maximum atomic E-state index is 5.32. The lowest BCUT2D eigenvalue weighted by atomic mass is 10.3. The van der Waals surface area contributed by atoms with Crippen LogP contribution in [0, 0.1) is 0 Å². The van der Waals surface area contributed by atoms with Gasteiger partial charge in [-0.15, -0.1) is 0 Å². The summed E-state index contributed by atoms with van der Waals surface area (Å²) in [6, 6.07) is 3.71. The highest BCUT2D eigenvalue weighted by Crippen LogP contribution is 2.15. The summed E-state index contributed by atoms with van der Waals surface area (Å²) < 4.78 is 15.5. The van der Waals surface area contributed by atoms with Crippen LogP contribution in [-0.4, -0.2) is 43.8 Å². The molecule has 0 radical (unpaired) electrons. The van der Waals surface area contributed by atoms with Crippen molar-refractivity contribution in [2.45, 2.75) is 26.6 Å². The Hall–Kier alpha value is -2.65. The second-order valence-corrected chi connectivity index (χ2v) is 5.09. The van der Waals surface area contributed by atoms with Gasteiger partial charge in [-0.05, 0) is 18.7 Å². The Labute approximate surface area is 138 Å². The zero-order chi connectivity index (χ0) is 16.8. The summed E-state index contributed by atoms with van der Waals surface area (Å²) in [7, 11) is 1.59. The minimum absolute atomic E-state index is 0.327. The van der Waals surface area contributed by atoms with Gasteiger partial charge >= 0.3 is 0 Å². The SMILES string of the molecule is CCN(Cc1nc(COC)no1)Cc1nc(-c2cccnc2)no1. The number of methoxy groups -OCH3 is 1. The molecule has 3 heterocycles. The van der Waals surface area contributed by atoms with Crippen molar-refractivity contribution in [2.75, 3.05) is 13.7 Å². The molecule has 0 N–H and O–H groups in total. The predicted molar refractivity (Wildman–Crippen MR) is 82.3 cm³/mol. The first-order chi connectivity index (χ1) is 11.8.